The molecule has 0 aromatic carbocycles. The monoisotopic (exact) mass is 358 g/mol. The molecule has 5 heteroatoms. The number of rotatable bonds is 1. The van der Waals surface area contributed by atoms with Crippen LogP contribution in [-0.4, -0.2) is 23.3 Å². The number of hydrogen-bond acceptors (Lipinski definition) is 5. The second-order valence-corrected chi connectivity index (χ2v) is 9.73. The third-order valence-corrected chi connectivity index (χ3v) is 8.61. The van der Waals surface area contributed by atoms with Gasteiger partial charge in [-0.1, -0.05) is 19.0 Å². The Morgan fingerprint density at radius 1 is 1.19 bits per heavy atom. The summed E-state index contributed by atoms with van der Waals surface area (Å²) in [5, 5.41) is 7.67. The van der Waals surface area contributed by atoms with E-state index in [1.807, 2.05) is 6.20 Å². The molecular weight excluding hydrogens is 328 g/mol. The summed E-state index contributed by atoms with van der Waals surface area (Å²) in [5.74, 6) is 2.94. The first kappa shape index (κ1) is 16.6. The number of nitrogens with one attached hydrogen (secondary N) is 1. The smallest absolute Gasteiger partial charge is 0.302 e. The topological polar surface area (TPSA) is 64.4 Å². The molecule has 0 amide bonds. The second kappa shape index (κ2) is 5.49. The largest absolute Gasteiger partial charge is 0.462 e. The van der Waals surface area contributed by atoms with Gasteiger partial charge >= 0.3 is 5.97 Å². The predicted molar refractivity (Wildman–Crippen MR) is 97.6 cm³/mol. The summed E-state index contributed by atoms with van der Waals surface area (Å²) < 4.78 is 11.2. The minimum atomic E-state index is -0.119. The van der Waals surface area contributed by atoms with Crippen molar-refractivity contribution in [2.75, 3.05) is 5.32 Å². The zero-order valence-corrected chi connectivity index (χ0v) is 16.1. The van der Waals surface area contributed by atoms with E-state index in [2.05, 4.69) is 24.3 Å². The molecule has 3 saturated carbocycles. The highest BCUT2D eigenvalue weighted by Gasteiger charge is 2.61. The Morgan fingerprint density at radius 2 is 2.00 bits per heavy atom. The summed E-state index contributed by atoms with van der Waals surface area (Å²) in [6.07, 6.45) is 10.2. The molecule has 3 aliphatic carbocycles. The number of carbonyl (C=O) groups is 1. The lowest BCUT2D eigenvalue weighted by Crippen LogP contribution is -2.58. The lowest BCUT2D eigenvalue weighted by atomic mass is 9.47. The van der Waals surface area contributed by atoms with Crippen LogP contribution in [0.25, 0.3) is 0 Å². The fraction of sp³-hybridized carbons (Fsp3) is 0.810. The summed E-state index contributed by atoms with van der Waals surface area (Å²) in [6.45, 7) is 6.43. The van der Waals surface area contributed by atoms with Gasteiger partial charge in [-0.05, 0) is 68.1 Å². The van der Waals surface area contributed by atoms with Crippen LogP contribution in [-0.2, 0) is 16.0 Å². The van der Waals surface area contributed by atoms with Gasteiger partial charge in [0.1, 0.15) is 6.10 Å². The van der Waals surface area contributed by atoms with Crippen molar-refractivity contribution in [3.63, 3.8) is 0 Å². The molecule has 5 rings (SSSR count). The first-order valence-electron chi connectivity index (χ1n) is 10.3. The Labute approximate surface area is 155 Å². The highest BCUT2D eigenvalue weighted by Crippen LogP contribution is 2.64. The van der Waals surface area contributed by atoms with Crippen molar-refractivity contribution in [1.82, 2.24) is 5.16 Å². The maximum atomic E-state index is 11.6. The van der Waals surface area contributed by atoms with Gasteiger partial charge < -0.3 is 14.6 Å². The molecule has 7 atom stereocenters. The van der Waals surface area contributed by atoms with Crippen LogP contribution < -0.4 is 5.32 Å². The van der Waals surface area contributed by atoms with Gasteiger partial charge in [-0.15, -0.1) is 0 Å². The van der Waals surface area contributed by atoms with Crippen LogP contribution in [0.1, 0.15) is 64.9 Å². The van der Waals surface area contributed by atoms with Crippen molar-refractivity contribution < 1.29 is 14.1 Å². The second-order valence-electron chi connectivity index (χ2n) is 9.73. The van der Waals surface area contributed by atoms with Gasteiger partial charge in [-0.25, -0.2) is 0 Å². The fourth-order valence-electron chi connectivity index (χ4n) is 7.37. The standard InChI is InChI=1S/C21H30N2O3/c1-12(24)25-18-7-5-15-14-4-6-17-21(3,16(14)8-9-20(15,18)2)10-13-11-22-26-19(13)23-17/h11,14-18,23H,4-10H2,1-3H3. The van der Waals surface area contributed by atoms with E-state index in [1.165, 1.54) is 37.7 Å². The summed E-state index contributed by atoms with van der Waals surface area (Å²) in [7, 11) is 0. The van der Waals surface area contributed by atoms with E-state index in [4.69, 9.17) is 9.26 Å². The van der Waals surface area contributed by atoms with Crippen molar-refractivity contribution in [2.45, 2.75) is 77.9 Å². The highest BCUT2D eigenvalue weighted by atomic mass is 16.5. The number of anilines is 1. The van der Waals surface area contributed by atoms with Gasteiger partial charge in [-0.3, -0.25) is 4.79 Å². The predicted octanol–water partition coefficient (Wildman–Crippen LogP) is 4.19. The van der Waals surface area contributed by atoms with Crippen molar-refractivity contribution in [3.05, 3.63) is 11.8 Å². The zero-order valence-electron chi connectivity index (χ0n) is 16.1. The van der Waals surface area contributed by atoms with E-state index in [1.54, 1.807) is 6.92 Å². The van der Waals surface area contributed by atoms with Crippen molar-refractivity contribution in [1.29, 1.82) is 0 Å². The maximum Gasteiger partial charge on any atom is 0.302 e. The third kappa shape index (κ3) is 2.15. The highest BCUT2D eigenvalue weighted by molar-refractivity contribution is 5.66. The first-order valence-corrected chi connectivity index (χ1v) is 10.3. The van der Waals surface area contributed by atoms with Gasteiger partial charge in [0.2, 0.25) is 5.88 Å². The Morgan fingerprint density at radius 3 is 2.81 bits per heavy atom. The number of hydrogen-bond donors (Lipinski definition) is 1. The molecule has 0 bridgehead atoms. The lowest BCUT2D eigenvalue weighted by molar-refractivity contribution is -0.158. The van der Waals surface area contributed by atoms with Crippen molar-refractivity contribution in [3.8, 4) is 0 Å². The number of fused-ring (bicyclic) bond motifs is 6. The Balaban J connectivity index is 1.44. The minimum absolute atomic E-state index is 0.116. The third-order valence-electron chi connectivity index (χ3n) is 8.61. The van der Waals surface area contributed by atoms with Crippen LogP contribution in [0.2, 0.25) is 0 Å². The number of nitrogens with zero attached hydrogens (tertiary/aromatic N) is 1. The molecule has 142 valence electrons. The number of esters is 1. The molecule has 1 N–H and O–H groups in total. The van der Waals surface area contributed by atoms with Gasteiger partial charge in [0, 0.05) is 23.9 Å². The number of aromatic nitrogens is 1. The summed E-state index contributed by atoms with van der Waals surface area (Å²) in [5.41, 5.74) is 1.67. The Hall–Kier alpha value is -1.52. The Kier molecular flexibility index (Phi) is 3.51. The molecule has 5 nitrogen and oxygen atoms in total. The molecule has 1 aromatic rings. The molecule has 3 fully saturated rings. The fourth-order valence-corrected chi connectivity index (χ4v) is 7.37. The molecule has 1 aliphatic heterocycles. The number of ether oxygens (including phenoxy) is 1. The molecule has 0 spiro atoms. The Bertz CT molecular complexity index is 731. The van der Waals surface area contributed by atoms with Crippen LogP contribution in [0.5, 0.6) is 0 Å². The van der Waals surface area contributed by atoms with Gasteiger partial charge in [0.15, 0.2) is 0 Å². The van der Waals surface area contributed by atoms with Crippen LogP contribution >= 0.6 is 0 Å². The zero-order chi connectivity index (χ0) is 18.1. The molecule has 1 aromatic heterocycles. The van der Waals surface area contributed by atoms with Crippen LogP contribution in [0, 0.1) is 28.6 Å². The van der Waals surface area contributed by atoms with Crippen LogP contribution in [0.4, 0.5) is 5.88 Å². The summed E-state index contributed by atoms with van der Waals surface area (Å²) in [4.78, 5) is 11.6. The first-order chi connectivity index (χ1) is 12.4. The molecule has 2 heterocycles. The lowest BCUT2D eigenvalue weighted by Gasteiger charge is -2.59. The van der Waals surface area contributed by atoms with E-state index in [0.29, 0.717) is 12.0 Å². The molecular formula is C21H30N2O3. The van der Waals surface area contributed by atoms with Gasteiger partial charge in [-0.2, -0.15) is 0 Å². The van der Waals surface area contributed by atoms with E-state index in [-0.39, 0.29) is 22.9 Å². The quantitative estimate of drug-likeness (QED) is 0.763. The van der Waals surface area contributed by atoms with Crippen molar-refractivity contribution >= 4 is 11.9 Å². The summed E-state index contributed by atoms with van der Waals surface area (Å²) >= 11 is 0. The van der Waals surface area contributed by atoms with Crippen LogP contribution in [0.15, 0.2) is 10.7 Å². The van der Waals surface area contributed by atoms with Gasteiger partial charge in [0.05, 0.1) is 6.20 Å². The minimum Gasteiger partial charge on any atom is -0.462 e. The van der Waals surface area contributed by atoms with E-state index < -0.39 is 0 Å². The average Bonchev–Trinajstić information content (AvgIpc) is 3.16. The summed E-state index contributed by atoms with van der Waals surface area (Å²) in [6, 6.07) is 0.485. The SMILES string of the molecule is CC(=O)OC1CCC2C3CCC4Nc5oncc5CC4(C)C3CCC12C. The van der Waals surface area contributed by atoms with Gasteiger partial charge in [0.25, 0.3) is 0 Å². The van der Waals surface area contributed by atoms with E-state index in [0.717, 1.165) is 30.6 Å². The number of carbonyl (C=O) groups excluding carboxylic acids is 1. The van der Waals surface area contributed by atoms with E-state index >= 15 is 0 Å². The molecule has 7 unspecified atom stereocenters. The normalized spacial score (nSPS) is 46.3. The average molecular weight is 358 g/mol. The molecule has 4 aliphatic rings. The van der Waals surface area contributed by atoms with E-state index in [9.17, 15) is 4.79 Å². The molecule has 0 saturated heterocycles. The van der Waals surface area contributed by atoms with Crippen LogP contribution in [0.3, 0.4) is 0 Å². The van der Waals surface area contributed by atoms with Crippen molar-refractivity contribution in [2.24, 2.45) is 28.6 Å². The maximum absolute atomic E-state index is 11.6. The molecule has 26 heavy (non-hydrogen) atoms. The molecule has 0 radical (unpaired) electrons.